The summed E-state index contributed by atoms with van der Waals surface area (Å²) in [6.45, 7) is 2.20. The van der Waals surface area contributed by atoms with E-state index in [4.69, 9.17) is 0 Å². The van der Waals surface area contributed by atoms with E-state index in [1.807, 2.05) is 6.92 Å². The van der Waals surface area contributed by atoms with E-state index in [0.717, 1.165) is 5.01 Å². The van der Waals surface area contributed by atoms with E-state index in [9.17, 15) is 10.1 Å². The monoisotopic (exact) mass is 328 g/mol. The molecular weight excluding hydrogens is 320 g/mol. The zero-order valence-electron chi connectivity index (χ0n) is 9.38. The first kappa shape index (κ1) is 12.9. The van der Waals surface area contributed by atoms with Gasteiger partial charge in [0.05, 0.1) is 4.92 Å². The van der Waals surface area contributed by atoms with E-state index in [-0.39, 0.29) is 5.69 Å². The number of hydrogen-bond donors (Lipinski definition) is 1. The number of aryl methyl sites for hydroxylation is 1. The van der Waals surface area contributed by atoms with Crippen LogP contribution in [-0.2, 0) is 6.54 Å². The van der Waals surface area contributed by atoms with Gasteiger partial charge in [-0.3, -0.25) is 10.1 Å². The van der Waals surface area contributed by atoms with Gasteiger partial charge >= 0.3 is 0 Å². The molecule has 1 heterocycles. The minimum absolute atomic E-state index is 0.0816. The lowest BCUT2D eigenvalue weighted by Crippen LogP contribution is -2.03. The number of nitrogens with one attached hydrogen (secondary N) is 1. The highest BCUT2D eigenvalue weighted by atomic mass is 79.9. The third kappa shape index (κ3) is 3.02. The number of rotatable bonds is 4. The highest BCUT2D eigenvalue weighted by molar-refractivity contribution is 9.10. The molecule has 18 heavy (non-hydrogen) atoms. The number of nitro benzene ring substituents is 1. The van der Waals surface area contributed by atoms with Gasteiger partial charge in [-0.2, -0.15) is 0 Å². The maximum absolute atomic E-state index is 10.9. The topological polar surface area (TPSA) is 81.0 Å². The van der Waals surface area contributed by atoms with Crippen LogP contribution in [0.15, 0.2) is 22.7 Å². The second-order valence-corrected chi connectivity index (χ2v) is 5.61. The molecule has 0 amide bonds. The largest absolute Gasteiger partial charge is 0.356 e. The number of nitrogens with zero attached hydrogens (tertiary/aromatic N) is 3. The third-order valence-corrected chi connectivity index (χ3v) is 3.49. The minimum atomic E-state index is -0.396. The molecule has 94 valence electrons. The van der Waals surface area contributed by atoms with Gasteiger partial charge in [-0.05, 0) is 19.1 Å². The predicted molar refractivity (Wildman–Crippen MR) is 72.8 cm³/mol. The zero-order chi connectivity index (χ0) is 13.1. The highest BCUT2D eigenvalue weighted by Crippen LogP contribution is 2.24. The Labute approximate surface area is 115 Å². The maximum Gasteiger partial charge on any atom is 0.275 e. The summed E-state index contributed by atoms with van der Waals surface area (Å²) in [5.74, 6) is 0. The zero-order valence-corrected chi connectivity index (χ0v) is 11.8. The fourth-order valence-corrected chi connectivity index (χ4v) is 2.33. The molecule has 0 bridgehead atoms. The molecule has 0 radical (unpaired) electrons. The molecule has 0 aliphatic heterocycles. The molecule has 0 fully saturated rings. The van der Waals surface area contributed by atoms with Crippen molar-refractivity contribution in [3.05, 3.63) is 43.4 Å². The molecule has 0 aliphatic carbocycles. The standard InChI is InChI=1S/C10H9BrN4O2S/c1-6-13-14-10(18-6)12-5-7-2-3-8(11)4-9(7)15(16)17/h2-4H,5H2,1H3,(H,12,14). The van der Waals surface area contributed by atoms with Crippen LogP contribution in [0.25, 0.3) is 0 Å². The summed E-state index contributed by atoms with van der Waals surface area (Å²) in [7, 11) is 0. The first-order valence-electron chi connectivity index (χ1n) is 5.03. The number of hydrogen-bond acceptors (Lipinski definition) is 6. The molecule has 2 rings (SSSR count). The average molecular weight is 329 g/mol. The summed E-state index contributed by atoms with van der Waals surface area (Å²) >= 11 is 4.63. The summed E-state index contributed by atoms with van der Waals surface area (Å²) in [6.07, 6.45) is 0. The maximum atomic E-state index is 10.9. The van der Waals surface area contributed by atoms with Crippen LogP contribution in [0, 0.1) is 17.0 Å². The van der Waals surface area contributed by atoms with E-state index in [1.54, 1.807) is 12.1 Å². The Balaban J connectivity index is 2.16. The van der Waals surface area contributed by atoms with Crippen molar-refractivity contribution in [2.45, 2.75) is 13.5 Å². The van der Waals surface area contributed by atoms with Gasteiger partial charge in [0.15, 0.2) is 0 Å². The van der Waals surface area contributed by atoms with Crippen LogP contribution in [-0.4, -0.2) is 15.1 Å². The molecule has 8 heteroatoms. The fourth-order valence-electron chi connectivity index (χ4n) is 1.40. The van der Waals surface area contributed by atoms with Crippen LogP contribution in [0.2, 0.25) is 0 Å². The van der Waals surface area contributed by atoms with E-state index in [0.29, 0.717) is 21.7 Å². The van der Waals surface area contributed by atoms with Gasteiger partial charge in [-0.15, -0.1) is 10.2 Å². The Bertz CT molecular complexity index is 587. The Hall–Kier alpha value is -1.54. The molecule has 2 aromatic rings. The Kier molecular flexibility index (Phi) is 3.87. The first-order chi connectivity index (χ1) is 8.56. The van der Waals surface area contributed by atoms with E-state index < -0.39 is 4.92 Å². The van der Waals surface area contributed by atoms with Crippen LogP contribution in [0.4, 0.5) is 10.8 Å². The number of halogens is 1. The fraction of sp³-hybridized carbons (Fsp3) is 0.200. The van der Waals surface area contributed by atoms with Gasteiger partial charge in [0.1, 0.15) is 5.01 Å². The second kappa shape index (κ2) is 5.40. The number of benzene rings is 1. The number of nitro groups is 1. The SMILES string of the molecule is Cc1nnc(NCc2ccc(Br)cc2[N+](=O)[O-])s1. The van der Waals surface area contributed by atoms with Gasteiger partial charge in [0.2, 0.25) is 5.13 Å². The molecular formula is C10H9BrN4O2S. The molecule has 1 aromatic heterocycles. The van der Waals surface area contributed by atoms with Gasteiger partial charge in [-0.1, -0.05) is 27.3 Å². The molecule has 0 spiro atoms. The van der Waals surface area contributed by atoms with Gasteiger partial charge < -0.3 is 5.32 Å². The number of aromatic nitrogens is 2. The summed E-state index contributed by atoms with van der Waals surface area (Å²) in [6, 6.07) is 4.97. The smallest absolute Gasteiger partial charge is 0.275 e. The average Bonchev–Trinajstić information content (AvgIpc) is 2.73. The van der Waals surface area contributed by atoms with Crippen LogP contribution in [0.1, 0.15) is 10.6 Å². The first-order valence-corrected chi connectivity index (χ1v) is 6.64. The van der Waals surface area contributed by atoms with Crippen molar-refractivity contribution in [1.82, 2.24) is 10.2 Å². The van der Waals surface area contributed by atoms with Crippen LogP contribution in [0.3, 0.4) is 0 Å². The van der Waals surface area contributed by atoms with Crippen molar-refractivity contribution in [3.63, 3.8) is 0 Å². The lowest BCUT2D eigenvalue weighted by atomic mass is 10.2. The van der Waals surface area contributed by atoms with Gasteiger partial charge in [0.25, 0.3) is 5.69 Å². The molecule has 0 saturated carbocycles. The Morgan fingerprint density at radius 2 is 2.28 bits per heavy atom. The molecule has 1 N–H and O–H groups in total. The van der Waals surface area contributed by atoms with E-state index in [2.05, 4.69) is 31.4 Å². The molecule has 6 nitrogen and oxygen atoms in total. The van der Waals surface area contributed by atoms with Crippen LogP contribution < -0.4 is 5.32 Å². The van der Waals surface area contributed by atoms with Crippen molar-refractivity contribution in [3.8, 4) is 0 Å². The summed E-state index contributed by atoms with van der Waals surface area (Å²) in [5.41, 5.74) is 0.689. The highest BCUT2D eigenvalue weighted by Gasteiger charge is 2.14. The Morgan fingerprint density at radius 3 is 2.89 bits per heavy atom. The minimum Gasteiger partial charge on any atom is -0.356 e. The third-order valence-electron chi connectivity index (χ3n) is 2.20. The molecule has 0 saturated heterocycles. The van der Waals surface area contributed by atoms with E-state index in [1.165, 1.54) is 17.4 Å². The van der Waals surface area contributed by atoms with Crippen molar-refractivity contribution < 1.29 is 4.92 Å². The lowest BCUT2D eigenvalue weighted by molar-refractivity contribution is -0.385. The van der Waals surface area contributed by atoms with Gasteiger partial charge in [0, 0.05) is 22.6 Å². The molecule has 0 aliphatic rings. The summed E-state index contributed by atoms with van der Waals surface area (Å²) in [4.78, 5) is 10.5. The van der Waals surface area contributed by atoms with Gasteiger partial charge in [-0.25, -0.2) is 0 Å². The van der Waals surface area contributed by atoms with Crippen molar-refractivity contribution in [1.29, 1.82) is 0 Å². The van der Waals surface area contributed by atoms with Crippen molar-refractivity contribution in [2.75, 3.05) is 5.32 Å². The molecule has 0 atom stereocenters. The van der Waals surface area contributed by atoms with Crippen LogP contribution >= 0.6 is 27.3 Å². The molecule has 0 unspecified atom stereocenters. The van der Waals surface area contributed by atoms with Crippen LogP contribution in [0.5, 0.6) is 0 Å². The normalized spacial score (nSPS) is 10.3. The van der Waals surface area contributed by atoms with E-state index >= 15 is 0 Å². The Morgan fingerprint density at radius 1 is 1.50 bits per heavy atom. The van der Waals surface area contributed by atoms with Crippen molar-refractivity contribution >= 4 is 38.1 Å². The quantitative estimate of drug-likeness (QED) is 0.688. The lowest BCUT2D eigenvalue weighted by Gasteiger charge is -2.04. The second-order valence-electron chi connectivity index (χ2n) is 3.51. The molecule has 1 aromatic carbocycles. The van der Waals surface area contributed by atoms with Crippen molar-refractivity contribution in [2.24, 2.45) is 0 Å². The summed E-state index contributed by atoms with van der Waals surface area (Å²) in [5, 5.41) is 23.2. The summed E-state index contributed by atoms with van der Waals surface area (Å²) < 4.78 is 0.685. The predicted octanol–water partition coefficient (Wildman–Crippen LogP) is 3.13. The number of anilines is 1.